The molecule has 3 N–H and O–H groups in total. The predicted octanol–water partition coefficient (Wildman–Crippen LogP) is 1.59. The van der Waals surface area contributed by atoms with Gasteiger partial charge in [0.05, 0.1) is 12.3 Å². The SMILES string of the molecule is CC(C)COc1cc(C(=O)NCCN(C)C)ccc1N. The van der Waals surface area contributed by atoms with Gasteiger partial charge in [0.25, 0.3) is 5.91 Å². The van der Waals surface area contributed by atoms with Crippen molar-refractivity contribution >= 4 is 11.6 Å². The van der Waals surface area contributed by atoms with E-state index in [1.54, 1.807) is 18.2 Å². The topological polar surface area (TPSA) is 67.6 Å². The third kappa shape index (κ3) is 5.48. The van der Waals surface area contributed by atoms with Crippen molar-refractivity contribution in [2.24, 2.45) is 5.92 Å². The van der Waals surface area contributed by atoms with Crippen LogP contribution in [0.2, 0.25) is 0 Å². The summed E-state index contributed by atoms with van der Waals surface area (Å²) < 4.78 is 5.62. The van der Waals surface area contributed by atoms with Crippen molar-refractivity contribution in [2.75, 3.05) is 39.5 Å². The lowest BCUT2D eigenvalue weighted by molar-refractivity contribution is 0.0950. The number of benzene rings is 1. The van der Waals surface area contributed by atoms with Crippen LogP contribution in [0.1, 0.15) is 24.2 Å². The number of nitrogen functional groups attached to an aromatic ring is 1. The molecule has 20 heavy (non-hydrogen) atoms. The van der Waals surface area contributed by atoms with Crippen molar-refractivity contribution in [1.29, 1.82) is 0 Å². The van der Waals surface area contributed by atoms with E-state index in [1.165, 1.54) is 0 Å². The highest BCUT2D eigenvalue weighted by molar-refractivity contribution is 5.95. The largest absolute Gasteiger partial charge is 0.491 e. The van der Waals surface area contributed by atoms with Crippen molar-refractivity contribution in [1.82, 2.24) is 10.2 Å². The van der Waals surface area contributed by atoms with Gasteiger partial charge in [0.2, 0.25) is 0 Å². The Kier molecular flexibility index (Phi) is 6.31. The van der Waals surface area contributed by atoms with Crippen molar-refractivity contribution in [3.8, 4) is 5.75 Å². The Bertz CT molecular complexity index is 445. The minimum atomic E-state index is -0.110. The molecule has 0 heterocycles. The zero-order chi connectivity index (χ0) is 15.1. The Balaban J connectivity index is 2.65. The summed E-state index contributed by atoms with van der Waals surface area (Å²) in [5, 5.41) is 2.86. The molecule has 0 radical (unpaired) electrons. The number of amides is 1. The zero-order valence-corrected chi connectivity index (χ0v) is 12.8. The zero-order valence-electron chi connectivity index (χ0n) is 12.8. The molecule has 0 spiro atoms. The number of anilines is 1. The molecule has 0 aromatic heterocycles. The quantitative estimate of drug-likeness (QED) is 0.744. The maximum Gasteiger partial charge on any atom is 0.251 e. The Morgan fingerprint density at radius 1 is 1.40 bits per heavy atom. The minimum Gasteiger partial charge on any atom is -0.491 e. The normalized spacial score (nSPS) is 10.9. The Hall–Kier alpha value is -1.75. The summed E-state index contributed by atoms with van der Waals surface area (Å²) in [6.07, 6.45) is 0. The first-order valence-electron chi connectivity index (χ1n) is 6.85. The Morgan fingerprint density at radius 2 is 2.10 bits per heavy atom. The van der Waals surface area contributed by atoms with Crippen LogP contribution in [0, 0.1) is 5.92 Å². The minimum absolute atomic E-state index is 0.110. The summed E-state index contributed by atoms with van der Waals surface area (Å²) in [7, 11) is 3.93. The van der Waals surface area contributed by atoms with E-state index in [1.807, 2.05) is 19.0 Å². The summed E-state index contributed by atoms with van der Waals surface area (Å²) >= 11 is 0. The molecule has 5 nitrogen and oxygen atoms in total. The molecule has 1 aromatic rings. The molecule has 0 aliphatic rings. The lowest BCUT2D eigenvalue weighted by Crippen LogP contribution is -2.31. The number of carbonyl (C=O) groups is 1. The monoisotopic (exact) mass is 279 g/mol. The molecule has 0 atom stereocenters. The number of hydrogen-bond donors (Lipinski definition) is 2. The number of rotatable bonds is 7. The van der Waals surface area contributed by atoms with Crippen LogP contribution in [0.25, 0.3) is 0 Å². The highest BCUT2D eigenvalue weighted by atomic mass is 16.5. The van der Waals surface area contributed by atoms with E-state index in [9.17, 15) is 4.79 Å². The molecule has 112 valence electrons. The first kappa shape index (κ1) is 16.3. The first-order valence-corrected chi connectivity index (χ1v) is 6.85. The van der Waals surface area contributed by atoms with Crippen LogP contribution in [0.5, 0.6) is 5.75 Å². The number of carbonyl (C=O) groups excluding carboxylic acids is 1. The van der Waals surface area contributed by atoms with Gasteiger partial charge in [-0.05, 0) is 38.2 Å². The van der Waals surface area contributed by atoms with Gasteiger partial charge in [-0.2, -0.15) is 0 Å². The van der Waals surface area contributed by atoms with Gasteiger partial charge in [-0.3, -0.25) is 4.79 Å². The van der Waals surface area contributed by atoms with Gasteiger partial charge in [0, 0.05) is 18.7 Å². The number of hydrogen-bond acceptors (Lipinski definition) is 4. The molecule has 0 bridgehead atoms. The molecule has 0 saturated heterocycles. The van der Waals surface area contributed by atoms with Crippen molar-refractivity contribution in [3.63, 3.8) is 0 Å². The van der Waals surface area contributed by atoms with Crippen molar-refractivity contribution in [2.45, 2.75) is 13.8 Å². The molecule has 0 unspecified atom stereocenters. The molecule has 0 fully saturated rings. The molecule has 1 amide bonds. The number of ether oxygens (including phenoxy) is 1. The van der Waals surface area contributed by atoms with Gasteiger partial charge in [0.1, 0.15) is 5.75 Å². The van der Waals surface area contributed by atoms with Crippen LogP contribution in [-0.4, -0.2) is 44.6 Å². The fraction of sp³-hybridized carbons (Fsp3) is 0.533. The molecule has 5 heteroatoms. The fourth-order valence-corrected chi connectivity index (χ4v) is 1.55. The maximum atomic E-state index is 12.0. The van der Waals surface area contributed by atoms with E-state index < -0.39 is 0 Å². The lowest BCUT2D eigenvalue weighted by Gasteiger charge is -2.13. The number of nitrogens with one attached hydrogen (secondary N) is 1. The fourth-order valence-electron chi connectivity index (χ4n) is 1.55. The van der Waals surface area contributed by atoms with Crippen LogP contribution < -0.4 is 15.8 Å². The summed E-state index contributed by atoms with van der Waals surface area (Å²) in [6, 6.07) is 5.11. The average molecular weight is 279 g/mol. The van der Waals surface area contributed by atoms with E-state index in [0.29, 0.717) is 36.1 Å². The number of nitrogens with zero attached hydrogens (tertiary/aromatic N) is 1. The summed E-state index contributed by atoms with van der Waals surface area (Å²) in [5.74, 6) is 0.868. The average Bonchev–Trinajstić information content (AvgIpc) is 2.37. The van der Waals surface area contributed by atoms with E-state index in [4.69, 9.17) is 10.5 Å². The van der Waals surface area contributed by atoms with Crippen LogP contribution in [0.4, 0.5) is 5.69 Å². The highest BCUT2D eigenvalue weighted by Crippen LogP contribution is 2.23. The second kappa shape index (κ2) is 7.75. The molecule has 1 aromatic carbocycles. The van der Waals surface area contributed by atoms with Crippen LogP contribution >= 0.6 is 0 Å². The molecule has 0 aliphatic heterocycles. The molecular formula is C15H25N3O2. The van der Waals surface area contributed by atoms with Gasteiger partial charge >= 0.3 is 0 Å². The smallest absolute Gasteiger partial charge is 0.251 e. The third-order valence-corrected chi connectivity index (χ3v) is 2.69. The third-order valence-electron chi connectivity index (χ3n) is 2.69. The molecule has 1 rings (SSSR count). The number of likely N-dealkylation sites (N-methyl/N-ethyl adjacent to an activating group) is 1. The molecular weight excluding hydrogens is 254 g/mol. The lowest BCUT2D eigenvalue weighted by atomic mass is 10.1. The van der Waals surface area contributed by atoms with Crippen molar-refractivity contribution in [3.05, 3.63) is 23.8 Å². The van der Waals surface area contributed by atoms with Crippen molar-refractivity contribution < 1.29 is 9.53 Å². The predicted molar refractivity (Wildman–Crippen MR) is 82.1 cm³/mol. The van der Waals surface area contributed by atoms with Gasteiger partial charge in [-0.1, -0.05) is 13.8 Å². The van der Waals surface area contributed by atoms with Gasteiger partial charge in [0.15, 0.2) is 0 Å². The van der Waals surface area contributed by atoms with Gasteiger partial charge < -0.3 is 20.7 Å². The van der Waals surface area contributed by atoms with E-state index in [2.05, 4.69) is 19.2 Å². The highest BCUT2D eigenvalue weighted by Gasteiger charge is 2.09. The second-order valence-corrected chi connectivity index (χ2v) is 5.52. The maximum absolute atomic E-state index is 12.0. The summed E-state index contributed by atoms with van der Waals surface area (Å²) in [4.78, 5) is 14.0. The van der Waals surface area contributed by atoms with Gasteiger partial charge in [-0.25, -0.2) is 0 Å². The van der Waals surface area contributed by atoms with E-state index >= 15 is 0 Å². The molecule has 0 aliphatic carbocycles. The Labute approximate surface area is 121 Å². The summed E-state index contributed by atoms with van der Waals surface area (Å²) in [6.45, 7) is 6.12. The second-order valence-electron chi connectivity index (χ2n) is 5.52. The molecule has 0 saturated carbocycles. The van der Waals surface area contributed by atoms with Crippen LogP contribution in [0.15, 0.2) is 18.2 Å². The Morgan fingerprint density at radius 3 is 2.70 bits per heavy atom. The first-order chi connectivity index (χ1) is 9.40. The standard InChI is InChI=1S/C15H25N3O2/c1-11(2)10-20-14-9-12(5-6-13(14)16)15(19)17-7-8-18(3)4/h5-6,9,11H,7-8,10,16H2,1-4H3,(H,17,19). The van der Waals surface area contributed by atoms with E-state index in [-0.39, 0.29) is 5.91 Å². The van der Waals surface area contributed by atoms with E-state index in [0.717, 1.165) is 6.54 Å². The van der Waals surface area contributed by atoms with Crippen LogP contribution in [0.3, 0.4) is 0 Å². The number of nitrogens with two attached hydrogens (primary N) is 1. The van der Waals surface area contributed by atoms with Crippen LogP contribution in [-0.2, 0) is 0 Å². The van der Waals surface area contributed by atoms with Gasteiger partial charge in [-0.15, -0.1) is 0 Å². The summed E-state index contributed by atoms with van der Waals surface area (Å²) in [5.41, 5.74) is 6.97.